The second-order valence-electron chi connectivity index (χ2n) is 4.61. The lowest BCUT2D eigenvalue weighted by atomic mass is 10.2. The summed E-state index contributed by atoms with van der Waals surface area (Å²) in [4.78, 5) is 13.5. The Morgan fingerprint density at radius 3 is 2.35 bits per heavy atom. The molecule has 0 unspecified atom stereocenters. The molecule has 1 fully saturated rings. The molecule has 5 heteroatoms. The van der Waals surface area contributed by atoms with E-state index in [0.29, 0.717) is 11.3 Å². The van der Waals surface area contributed by atoms with Crippen LogP contribution < -0.4 is 4.90 Å². The van der Waals surface area contributed by atoms with E-state index in [-0.39, 0.29) is 0 Å². The number of aryl methyl sites for hydroxylation is 2. The molecule has 0 aliphatic carbocycles. The molecule has 2 rings (SSSR count). The van der Waals surface area contributed by atoms with Crippen molar-refractivity contribution in [3.05, 3.63) is 11.3 Å². The molecule has 0 spiro atoms. The molecule has 0 amide bonds. The topological polar surface area (TPSA) is 58.4 Å². The van der Waals surface area contributed by atoms with Crippen LogP contribution in [0.5, 0.6) is 0 Å². The lowest BCUT2D eigenvalue weighted by molar-refractivity contribution is 0.0696. The monoisotopic (exact) mass is 237 g/mol. The fourth-order valence-electron chi connectivity index (χ4n) is 2.54. The van der Waals surface area contributed by atoms with E-state index in [1.165, 1.54) is 12.8 Å². The van der Waals surface area contributed by atoms with Crippen molar-refractivity contribution in [1.82, 2.24) is 9.78 Å². The van der Waals surface area contributed by atoms with Crippen LogP contribution in [0.3, 0.4) is 0 Å². The third kappa shape index (κ3) is 2.28. The fraction of sp³-hybridized carbons (Fsp3) is 0.667. The van der Waals surface area contributed by atoms with Gasteiger partial charge < -0.3 is 10.0 Å². The zero-order valence-electron chi connectivity index (χ0n) is 10.4. The van der Waals surface area contributed by atoms with Gasteiger partial charge in [-0.3, -0.25) is 4.68 Å². The van der Waals surface area contributed by atoms with Gasteiger partial charge in [0.15, 0.2) is 0 Å². The predicted octanol–water partition coefficient (Wildman–Crippen LogP) is 1.81. The lowest BCUT2D eigenvalue weighted by Gasteiger charge is -2.23. The maximum absolute atomic E-state index is 11.3. The molecule has 1 N–H and O–H groups in total. The minimum Gasteiger partial charge on any atom is -0.477 e. The summed E-state index contributed by atoms with van der Waals surface area (Å²) in [6.07, 6.45) is 4.72. The molecule has 1 saturated heterocycles. The van der Waals surface area contributed by atoms with Crippen LogP contribution in [0.4, 0.5) is 5.82 Å². The van der Waals surface area contributed by atoms with Gasteiger partial charge in [0.1, 0.15) is 11.4 Å². The molecule has 1 aliphatic rings. The fourth-order valence-corrected chi connectivity index (χ4v) is 2.54. The summed E-state index contributed by atoms with van der Waals surface area (Å²) in [7, 11) is 1.82. The van der Waals surface area contributed by atoms with Gasteiger partial charge in [0, 0.05) is 20.1 Å². The first-order chi connectivity index (χ1) is 8.11. The number of hydrogen-bond donors (Lipinski definition) is 1. The molecule has 1 aromatic rings. The summed E-state index contributed by atoms with van der Waals surface area (Å²) in [5.74, 6) is -0.119. The van der Waals surface area contributed by atoms with Crippen molar-refractivity contribution in [3.8, 4) is 0 Å². The van der Waals surface area contributed by atoms with Gasteiger partial charge in [-0.05, 0) is 19.8 Å². The second kappa shape index (κ2) is 4.77. The molecule has 17 heavy (non-hydrogen) atoms. The van der Waals surface area contributed by atoms with E-state index in [4.69, 9.17) is 0 Å². The SMILES string of the molecule is Cc1nn(C)c(N2CCCCCC2)c1C(=O)O. The molecule has 0 saturated carbocycles. The van der Waals surface area contributed by atoms with Gasteiger partial charge in [-0.25, -0.2) is 4.79 Å². The zero-order valence-corrected chi connectivity index (χ0v) is 10.4. The van der Waals surface area contributed by atoms with Crippen molar-refractivity contribution < 1.29 is 9.90 Å². The molecular weight excluding hydrogens is 218 g/mol. The molecule has 5 nitrogen and oxygen atoms in total. The van der Waals surface area contributed by atoms with Crippen molar-refractivity contribution in [1.29, 1.82) is 0 Å². The third-order valence-corrected chi connectivity index (χ3v) is 3.31. The predicted molar refractivity (Wildman–Crippen MR) is 65.6 cm³/mol. The highest BCUT2D eigenvalue weighted by molar-refractivity contribution is 5.94. The summed E-state index contributed by atoms with van der Waals surface area (Å²) >= 11 is 0. The van der Waals surface area contributed by atoms with Crippen LogP contribution >= 0.6 is 0 Å². The molecule has 2 heterocycles. The van der Waals surface area contributed by atoms with E-state index in [2.05, 4.69) is 10.00 Å². The Bertz CT molecular complexity index is 418. The van der Waals surface area contributed by atoms with E-state index in [0.717, 1.165) is 31.7 Å². The highest BCUT2D eigenvalue weighted by Gasteiger charge is 2.24. The Labute approximate surface area is 101 Å². The second-order valence-corrected chi connectivity index (χ2v) is 4.61. The van der Waals surface area contributed by atoms with E-state index in [1.807, 2.05) is 7.05 Å². The average molecular weight is 237 g/mol. The van der Waals surface area contributed by atoms with Gasteiger partial charge in [-0.1, -0.05) is 12.8 Å². The van der Waals surface area contributed by atoms with Crippen molar-refractivity contribution >= 4 is 11.8 Å². The number of carboxylic acid groups (broad SMARTS) is 1. The summed E-state index contributed by atoms with van der Waals surface area (Å²) in [6.45, 7) is 3.61. The summed E-state index contributed by atoms with van der Waals surface area (Å²) in [5.41, 5.74) is 0.952. The molecule has 0 bridgehead atoms. The van der Waals surface area contributed by atoms with Crippen LogP contribution in [0.25, 0.3) is 0 Å². The Kier molecular flexibility index (Phi) is 3.36. The lowest BCUT2D eigenvalue weighted by Crippen LogP contribution is -2.27. The van der Waals surface area contributed by atoms with Gasteiger partial charge in [-0.2, -0.15) is 5.10 Å². The number of carboxylic acids is 1. The number of hydrogen-bond acceptors (Lipinski definition) is 3. The third-order valence-electron chi connectivity index (χ3n) is 3.31. The van der Waals surface area contributed by atoms with Crippen LogP contribution in [0.2, 0.25) is 0 Å². The number of carbonyl (C=O) groups is 1. The molecule has 0 radical (unpaired) electrons. The Balaban J connectivity index is 2.38. The molecule has 0 aromatic carbocycles. The first-order valence-corrected chi connectivity index (χ1v) is 6.13. The van der Waals surface area contributed by atoms with Gasteiger partial charge in [0.25, 0.3) is 0 Å². The molecule has 94 valence electrons. The summed E-state index contributed by atoms with van der Waals surface area (Å²) in [5, 5.41) is 13.5. The van der Waals surface area contributed by atoms with Gasteiger partial charge >= 0.3 is 5.97 Å². The largest absolute Gasteiger partial charge is 0.477 e. The Morgan fingerprint density at radius 2 is 1.82 bits per heavy atom. The van der Waals surface area contributed by atoms with Crippen LogP contribution in [0.15, 0.2) is 0 Å². The van der Waals surface area contributed by atoms with Crippen LogP contribution in [0, 0.1) is 6.92 Å². The van der Waals surface area contributed by atoms with Crippen molar-refractivity contribution in [2.24, 2.45) is 7.05 Å². The van der Waals surface area contributed by atoms with Gasteiger partial charge in [-0.15, -0.1) is 0 Å². The minimum absolute atomic E-state index is 0.356. The molecule has 0 atom stereocenters. The Morgan fingerprint density at radius 1 is 1.24 bits per heavy atom. The van der Waals surface area contributed by atoms with E-state index >= 15 is 0 Å². The first-order valence-electron chi connectivity index (χ1n) is 6.13. The number of nitrogens with zero attached hydrogens (tertiary/aromatic N) is 3. The van der Waals surface area contributed by atoms with Crippen molar-refractivity contribution in [2.45, 2.75) is 32.6 Å². The van der Waals surface area contributed by atoms with Gasteiger partial charge in [0.2, 0.25) is 0 Å². The van der Waals surface area contributed by atoms with Crippen LogP contribution in [-0.4, -0.2) is 33.9 Å². The van der Waals surface area contributed by atoms with Crippen molar-refractivity contribution in [3.63, 3.8) is 0 Å². The summed E-state index contributed by atoms with van der Waals surface area (Å²) < 4.78 is 1.70. The van der Waals surface area contributed by atoms with E-state index in [9.17, 15) is 9.90 Å². The zero-order chi connectivity index (χ0) is 12.4. The number of aromatic carboxylic acids is 1. The molecule has 1 aliphatic heterocycles. The smallest absolute Gasteiger partial charge is 0.341 e. The van der Waals surface area contributed by atoms with Gasteiger partial charge in [0.05, 0.1) is 5.69 Å². The van der Waals surface area contributed by atoms with E-state index in [1.54, 1.807) is 11.6 Å². The number of aromatic nitrogens is 2. The quantitative estimate of drug-likeness (QED) is 0.852. The maximum atomic E-state index is 11.3. The first kappa shape index (κ1) is 12.0. The van der Waals surface area contributed by atoms with Crippen molar-refractivity contribution in [2.75, 3.05) is 18.0 Å². The standard InChI is InChI=1S/C12H19N3O2/c1-9-10(12(16)17)11(14(2)13-9)15-7-5-3-4-6-8-15/h3-8H2,1-2H3,(H,16,17). The average Bonchev–Trinajstić information content (AvgIpc) is 2.47. The highest BCUT2D eigenvalue weighted by Crippen LogP contribution is 2.25. The normalized spacial score (nSPS) is 16.9. The van der Waals surface area contributed by atoms with Crippen LogP contribution in [-0.2, 0) is 7.05 Å². The van der Waals surface area contributed by atoms with E-state index < -0.39 is 5.97 Å². The Hall–Kier alpha value is -1.52. The molecule has 1 aromatic heterocycles. The minimum atomic E-state index is -0.880. The molecular formula is C12H19N3O2. The van der Waals surface area contributed by atoms with Crippen LogP contribution in [0.1, 0.15) is 41.7 Å². The number of anilines is 1. The highest BCUT2D eigenvalue weighted by atomic mass is 16.4. The maximum Gasteiger partial charge on any atom is 0.341 e. The number of rotatable bonds is 2. The summed E-state index contributed by atoms with van der Waals surface area (Å²) in [6, 6.07) is 0.